The first-order valence-electron chi connectivity index (χ1n) is 6.23. The van der Waals surface area contributed by atoms with Gasteiger partial charge in [0.2, 0.25) is 0 Å². The third kappa shape index (κ3) is 4.54. The molecular weight excluding hydrogens is 250 g/mol. The Balaban J connectivity index is 0.00000172. The van der Waals surface area contributed by atoms with Gasteiger partial charge in [0.25, 0.3) is 0 Å². The first kappa shape index (κ1) is 17.3. The molecule has 0 aliphatic heterocycles. The van der Waals surface area contributed by atoms with E-state index in [9.17, 15) is 5.11 Å². The van der Waals surface area contributed by atoms with Crippen molar-refractivity contribution in [1.82, 2.24) is 4.98 Å². The minimum absolute atomic E-state index is 0.0418. The smallest absolute Gasteiger partial charge is 0.152 e. The molecule has 0 saturated carbocycles. The summed E-state index contributed by atoms with van der Waals surface area (Å²) in [5, 5.41) is 19.0. The number of pyridine rings is 1. The maximum absolute atomic E-state index is 9.85. The molecule has 20 heavy (non-hydrogen) atoms. The molecule has 0 fully saturated rings. The van der Waals surface area contributed by atoms with Crippen LogP contribution in [0.25, 0.3) is 0 Å². The lowest BCUT2D eigenvalue weighted by Crippen LogP contribution is -2.00. The van der Waals surface area contributed by atoms with Crippen LogP contribution in [0.2, 0.25) is 0 Å². The van der Waals surface area contributed by atoms with E-state index in [2.05, 4.69) is 23.1 Å². The Labute approximate surface area is 120 Å². The van der Waals surface area contributed by atoms with Crippen LogP contribution in [0.5, 0.6) is 5.75 Å². The van der Waals surface area contributed by atoms with E-state index in [-0.39, 0.29) is 11.5 Å². The van der Waals surface area contributed by atoms with Crippen molar-refractivity contribution in [3.05, 3.63) is 60.6 Å². The zero-order valence-electron chi connectivity index (χ0n) is 12.1. The van der Waals surface area contributed by atoms with Crippen molar-refractivity contribution >= 4 is 5.71 Å². The number of aliphatic imine (C=N–C) groups is 1. The van der Waals surface area contributed by atoms with Gasteiger partial charge in [-0.25, -0.2) is 4.99 Å². The van der Waals surface area contributed by atoms with Crippen molar-refractivity contribution in [2.45, 2.75) is 20.8 Å². The number of hydrogen-bond donors (Lipinski definition) is 1. The summed E-state index contributed by atoms with van der Waals surface area (Å²) in [5.74, 6) is -0.0418. The van der Waals surface area contributed by atoms with Crippen LogP contribution >= 0.6 is 0 Å². The van der Waals surface area contributed by atoms with Crippen LogP contribution in [0.15, 0.2) is 54.3 Å². The molecule has 1 aromatic heterocycles. The maximum atomic E-state index is 9.85. The summed E-state index contributed by atoms with van der Waals surface area (Å²) in [6.45, 7) is 12.8. The summed E-state index contributed by atoms with van der Waals surface area (Å²) in [6.07, 6.45) is 6.19. The predicted molar refractivity (Wildman–Crippen MR) is 82.6 cm³/mol. The Bertz CT molecular complexity index is 578. The van der Waals surface area contributed by atoms with Crippen LogP contribution in [0.1, 0.15) is 25.1 Å². The van der Waals surface area contributed by atoms with Gasteiger partial charge in [0.1, 0.15) is 11.8 Å². The number of allylic oxidation sites excluding steroid dienone is 3. The van der Waals surface area contributed by atoms with Crippen molar-refractivity contribution in [2.75, 3.05) is 0 Å². The van der Waals surface area contributed by atoms with E-state index in [0.717, 1.165) is 0 Å². The minimum atomic E-state index is -0.0418. The molecule has 0 bridgehead atoms. The fourth-order valence-corrected chi connectivity index (χ4v) is 1.30. The first-order valence-corrected chi connectivity index (χ1v) is 6.23. The number of rotatable bonds is 4. The zero-order valence-corrected chi connectivity index (χ0v) is 12.1. The average Bonchev–Trinajstić information content (AvgIpc) is 2.49. The summed E-state index contributed by atoms with van der Waals surface area (Å²) >= 11 is 0. The Kier molecular flexibility index (Phi) is 8.05. The number of nitrogens with zero attached hydrogens (tertiary/aromatic N) is 3. The van der Waals surface area contributed by atoms with E-state index >= 15 is 0 Å². The predicted octanol–water partition coefficient (Wildman–Crippen LogP) is 3.69. The van der Waals surface area contributed by atoms with Crippen molar-refractivity contribution in [3.63, 3.8) is 0 Å². The van der Waals surface area contributed by atoms with Gasteiger partial charge in [-0.2, -0.15) is 5.26 Å². The molecule has 0 atom stereocenters. The molecular formula is C16H19N3O. The molecule has 104 valence electrons. The molecule has 0 aliphatic rings. The molecule has 0 saturated heterocycles. The van der Waals surface area contributed by atoms with E-state index in [0.29, 0.717) is 17.0 Å². The first-order chi connectivity index (χ1) is 9.63. The van der Waals surface area contributed by atoms with Crippen molar-refractivity contribution < 1.29 is 5.11 Å². The molecule has 0 amide bonds. The van der Waals surface area contributed by atoms with Gasteiger partial charge in [-0.15, -0.1) is 0 Å². The van der Waals surface area contributed by atoms with E-state index in [1.54, 1.807) is 25.1 Å². The Morgan fingerprint density at radius 3 is 2.60 bits per heavy atom. The highest BCUT2D eigenvalue weighted by molar-refractivity contribution is 6.13. The van der Waals surface area contributed by atoms with Crippen LogP contribution in [0, 0.1) is 18.3 Å². The molecule has 1 heterocycles. The van der Waals surface area contributed by atoms with Gasteiger partial charge in [-0.1, -0.05) is 33.1 Å². The lowest BCUT2D eigenvalue weighted by atomic mass is 10.1. The third-order valence-electron chi connectivity index (χ3n) is 2.21. The van der Waals surface area contributed by atoms with Crippen molar-refractivity contribution in [3.8, 4) is 11.8 Å². The molecule has 0 unspecified atom stereocenters. The van der Waals surface area contributed by atoms with Crippen LogP contribution in [-0.4, -0.2) is 15.8 Å². The normalized spacial score (nSPS) is 10.9. The van der Waals surface area contributed by atoms with Gasteiger partial charge in [0.05, 0.1) is 17.0 Å². The highest BCUT2D eigenvalue weighted by atomic mass is 16.3. The van der Waals surface area contributed by atoms with Crippen molar-refractivity contribution in [2.24, 2.45) is 4.99 Å². The summed E-state index contributed by atoms with van der Waals surface area (Å²) in [5.41, 5.74) is 1.39. The third-order valence-corrected chi connectivity index (χ3v) is 2.21. The number of hydrogen-bond acceptors (Lipinski definition) is 4. The topological polar surface area (TPSA) is 69.3 Å². The highest BCUT2D eigenvalue weighted by Crippen LogP contribution is 2.20. The Hall–Kier alpha value is -2.67. The molecule has 4 nitrogen and oxygen atoms in total. The lowest BCUT2D eigenvalue weighted by molar-refractivity contribution is 0.466. The number of nitriles is 1. The van der Waals surface area contributed by atoms with Gasteiger partial charge in [0.15, 0.2) is 5.71 Å². The van der Waals surface area contributed by atoms with E-state index < -0.39 is 0 Å². The van der Waals surface area contributed by atoms with Gasteiger partial charge >= 0.3 is 0 Å². The highest BCUT2D eigenvalue weighted by Gasteiger charge is 2.11. The second kappa shape index (κ2) is 9.29. The van der Waals surface area contributed by atoms with E-state index in [1.807, 2.05) is 19.9 Å². The van der Waals surface area contributed by atoms with Gasteiger partial charge in [0, 0.05) is 6.20 Å². The fraction of sp³-hybridized carbons (Fsp3) is 0.188. The van der Waals surface area contributed by atoms with Crippen LogP contribution in [0.4, 0.5) is 0 Å². The molecule has 1 N–H and O–H groups in total. The number of aryl methyl sites for hydroxylation is 1. The van der Waals surface area contributed by atoms with Crippen molar-refractivity contribution in [1.29, 1.82) is 5.26 Å². The molecule has 0 spiro atoms. The molecule has 4 heteroatoms. The Morgan fingerprint density at radius 1 is 1.45 bits per heavy atom. The monoisotopic (exact) mass is 269 g/mol. The maximum Gasteiger partial charge on any atom is 0.152 e. The lowest BCUT2D eigenvalue weighted by Gasteiger charge is -2.04. The van der Waals surface area contributed by atoms with E-state index in [4.69, 9.17) is 5.26 Å². The van der Waals surface area contributed by atoms with Gasteiger partial charge < -0.3 is 5.11 Å². The van der Waals surface area contributed by atoms with Crippen LogP contribution < -0.4 is 0 Å². The fourth-order valence-electron chi connectivity index (χ4n) is 1.30. The molecule has 0 aliphatic carbocycles. The van der Waals surface area contributed by atoms with Crippen LogP contribution in [0.3, 0.4) is 0 Å². The largest absolute Gasteiger partial charge is 0.505 e. The van der Waals surface area contributed by atoms with Gasteiger partial charge in [-0.05, 0) is 25.1 Å². The summed E-state index contributed by atoms with van der Waals surface area (Å²) in [6, 6.07) is 3.49. The summed E-state index contributed by atoms with van der Waals surface area (Å²) < 4.78 is 0. The molecule has 1 rings (SSSR count). The summed E-state index contributed by atoms with van der Waals surface area (Å²) in [7, 11) is 0. The SMILES string of the molecule is C=C/C=C(\C=C)N=C(C#N)c1ccnc(C)c1O.CC. The second-order valence-corrected chi connectivity index (χ2v) is 3.40. The number of aromatic hydroxyl groups is 1. The quantitative estimate of drug-likeness (QED) is 0.669. The van der Waals surface area contributed by atoms with Gasteiger partial charge in [-0.3, -0.25) is 4.98 Å². The molecule has 0 aromatic carbocycles. The Morgan fingerprint density at radius 2 is 2.10 bits per heavy atom. The summed E-state index contributed by atoms with van der Waals surface area (Å²) in [4.78, 5) is 8.04. The van der Waals surface area contributed by atoms with E-state index in [1.165, 1.54) is 12.3 Å². The zero-order chi connectivity index (χ0) is 15.5. The standard InChI is InChI=1S/C14H13N3O.C2H6/c1-4-6-11(5-2)17-13(9-15)12-7-8-16-10(3)14(12)18;1-2/h4-8,18H,1-2H2,3H3;1-2H3/b11-6+,17-13?;. The molecule has 0 radical (unpaired) electrons. The number of aromatic nitrogens is 1. The minimum Gasteiger partial charge on any atom is -0.505 e. The average molecular weight is 269 g/mol. The second-order valence-electron chi connectivity index (χ2n) is 3.40. The molecule has 1 aromatic rings. The van der Waals surface area contributed by atoms with Crippen LogP contribution in [-0.2, 0) is 0 Å².